The van der Waals surface area contributed by atoms with Crippen molar-refractivity contribution in [1.82, 2.24) is 10.3 Å². The minimum atomic E-state index is -0.644. The van der Waals surface area contributed by atoms with Crippen molar-refractivity contribution in [2.24, 2.45) is 0 Å². The number of nitrogens with one attached hydrogen (secondary N) is 2. The van der Waals surface area contributed by atoms with E-state index in [9.17, 15) is 14.3 Å². The predicted molar refractivity (Wildman–Crippen MR) is 89.4 cm³/mol. The van der Waals surface area contributed by atoms with Crippen molar-refractivity contribution in [2.75, 3.05) is 0 Å². The molecule has 0 spiro atoms. The van der Waals surface area contributed by atoms with E-state index >= 15 is 0 Å². The van der Waals surface area contributed by atoms with E-state index in [1.165, 1.54) is 12.1 Å². The molecule has 4 rings (SSSR count). The zero-order valence-corrected chi connectivity index (χ0v) is 13.1. The lowest BCUT2D eigenvalue weighted by Gasteiger charge is -2.17. The Morgan fingerprint density at radius 3 is 2.92 bits per heavy atom. The fraction of sp³-hybridized carbons (Fsp3) is 0.211. The van der Waals surface area contributed by atoms with Crippen LogP contribution in [0.1, 0.15) is 33.2 Å². The van der Waals surface area contributed by atoms with Crippen LogP contribution >= 0.6 is 0 Å². The van der Waals surface area contributed by atoms with Gasteiger partial charge in [0.05, 0.1) is 12.1 Å². The van der Waals surface area contributed by atoms with Gasteiger partial charge >= 0.3 is 0 Å². The normalized spacial score (nSPS) is 19.5. The topological polar surface area (TPSA) is 65.1 Å². The molecule has 2 aromatic carbocycles. The number of aromatic nitrogens is 1. The number of rotatable bonds is 2. The second-order valence-corrected chi connectivity index (χ2v) is 6.29. The molecule has 0 saturated carbocycles. The van der Waals surface area contributed by atoms with Gasteiger partial charge in [0.15, 0.2) is 0 Å². The van der Waals surface area contributed by atoms with E-state index in [4.69, 9.17) is 0 Å². The molecular formula is C19H17FN2O2. The highest BCUT2D eigenvalue weighted by Crippen LogP contribution is 2.31. The van der Waals surface area contributed by atoms with Gasteiger partial charge in [-0.05, 0) is 41.8 Å². The summed E-state index contributed by atoms with van der Waals surface area (Å²) in [5, 5.41) is 13.9. The average molecular weight is 324 g/mol. The Kier molecular flexibility index (Phi) is 3.39. The molecule has 3 N–H and O–H groups in total. The molecule has 1 aromatic heterocycles. The van der Waals surface area contributed by atoms with Crippen molar-refractivity contribution in [3.8, 4) is 0 Å². The largest absolute Gasteiger partial charge is 0.390 e. The van der Waals surface area contributed by atoms with E-state index in [-0.39, 0.29) is 11.7 Å². The first kappa shape index (κ1) is 14.9. The average Bonchev–Trinajstić information content (AvgIpc) is 3.09. The lowest BCUT2D eigenvalue weighted by Crippen LogP contribution is -2.34. The maximum Gasteiger partial charge on any atom is 0.268 e. The van der Waals surface area contributed by atoms with Crippen LogP contribution in [0.4, 0.5) is 4.39 Å². The van der Waals surface area contributed by atoms with Crippen molar-refractivity contribution < 1.29 is 14.3 Å². The van der Waals surface area contributed by atoms with Gasteiger partial charge in [-0.15, -0.1) is 0 Å². The van der Waals surface area contributed by atoms with Crippen molar-refractivity contribution >= 4 is 16.8 Å². The smallest absolute Gasteiger partial charge is 0.268 e. The number of hydrogen-bond acceptors (Lipinski definition) is 2. The number of amides is 1. The highest BCUT2D eigenvalue weighted by atomic mass is 19.1. The first-order chi connectivity index (χ1) is 11.5. The summed E-state index contributed by atoms with van der Waals surface area (Å²) in [4.78, 5) is 15.5. The summed E-state index contributed by atoms with van der Waals surface area (Å²) in [6.45, 7) is 1.80. The van der Waals surface area contributed by atoms with E-state index in [2.05, 4.69) is 10.3 Å². The monoisotopic (exact) mass is 324 g/mol. The summed E-state index contributed by atoms with van der Waals surface area (Å²) in [6, 6.07) is 11.8. The van der Waals surface area contributed by atoms with Gasteiger partial charge in [0.1, 0.15) is 11.5 Å². The number of aliphatic hydroxyl groups excluding tert-OH is 1. The summed E-state index contributed by atoms with van der Waals surface area (Å²) in [5.41, 5.74) is 3.70. The number of carbonyl (C=O) groups is 1. The molecule has 1 amide bonds. The third kappa shape index (κ3) is 2.37. The minimum absolute atomic E-state index is 0.313. The Morgan fingerprint density at radius 1 is 1.29 bits per heavy atom. The molecule has 0 fully saturated rings. The Labute approximate surface area is 138 Å². The van der Waals surface area contributed by atoms with Gasteiger partial charge in [-0.1, -0.05) is 24.3 Å². The zero-order chi connectivity index (χ0) is 16.8. The van der Waals surface area contributed by atoms with Crippen molar-refractivity contribution in [2.45, 2.75) is 25.5 Å². The molecule has 0 radical (unpaired) electrons. The van der Waals surface area contributed by atoms with Crippen LogP contribution in [-0.2, 0) is 6.42 Å². The number of aryl methyl sites for hydroxylation is 1. The molecule has 122 valence electrons. The second-order valence-electron chi connectivity index (χ2n) is 6.29. The molecule has 0 saturated heterocycles. The molecule has 3 aromatic rings. The quantitative estimate of drug-likeness (QED) is 0.678. The van der Waals surface area contributed by atoms with Crippen LogP contribution < -0.4 is 5.32 Å². The van der Waals surface area contributed by atoms with Crippen LogP contribution in [0.3, 0.4) is 0 Å². The highest BCUT2D eigenvalue weighted by molar-refractivity contribution is 5.99. The molecule has 0 aliphatic heterocycles. The third-order valence-corrected chi connectivity index (χ3v) is 4.64. The lowest BCUT2D eigenvalue weighted by molar-refractivity contribution is 0.0854. The zero-order valence-electron chi connectivity index (χ0n) is 13.1. The van der Waals surface area contributed by atoms with Crippen molar-refractivity contribution in [3.63, 3.8) is 0 Å². The van der Waals surface area contributed by atoms with Gasteiger partial charge in [0, 0.05) is 17.3 Å². The fourth-order valence-corrected chi connectivity index (χ4v) is 3.46. The van der Waals surface area contributed by atoms with Crippen molar-refractivity contribution in [1.29, 1.82) is 0 Å². The van der Waals surface area contributed by atoms with Crippen LogP contribution in [0.5, 0.6) is 0 Å². The van der Waals surface area contributed by atoms with Gasteiger partial charge in [-0.25, -0.2) is 4.39 Å². The standard InChI is InChI=1S/C19H17FN2O2/c1-10-6-12(20)8-15-14(10)9-16(21-15)19(24)22-18-13-5-3-2-4-11(13)7-17(18)23/h2-6,8-9,17-18,21,23H,7H2,1H3,(H,22,24)/t17-,18+/m0/s1. The molecule has 0 unspecified atom stereocenters. The molecule has 1 aliphatic rings. The number of aromatic amines is 1. The summed E-state index contributed by atoms with van der Waals surface area (Å²) < 4.78 is 13.5. The van der Waals surface area contributed by atoms with Gasteiger partial charge in [-0.2, -0.15) is 0 Å². The SMILES string of the molecule is Cc1cc(F)cc2[nH]c(C(=O)N[C@@H]3c4ccccc4C[C@@H]3O)cc12. The van der Waals surface area contributed by atoms with Crippen LogP contribution in [0.15, 0.2) is 42.5 Å². The Balaban J connectivity index is 1.64. The van der Waals surface area contributed by atoms with E-state index in [1.54, 1.807) is 13.0 Å². The van der Waals surface area contributed by atoms with Gasteiger partial charge < -0.3 is 15.4 Å². The van der Waals surface area contributed by atoms with Crippen LogP contribution in [0.2, 0.25) is 0 Å². The Hall–Kier alpha value is -2.66. The number of aliphatic hydroxyl groups is 1. The summed E-state index contributed by atoms with van der Waals surface area (Å²) in [7, 11) is 0. The molecule has 2 atom stereocenters. The van der Waals surface area contributed by atoms with E-state index in [0.29, 0.717) is 17.6 Å². The number of carbonyl (C=O) groups excluding carboxylic acids is 1. The summed E-state index contributed by atoms with van der Waals surface area (Å²) in [5.74, 6) is -0.652. The molecule has 5 heteroatoms. The van der Waals surface area contributed by atoms with E-state index in [0.717, 1.165) is 22.1 Å². The Morgan fingerprint density at radius 2 is 2.08 bits per heavy atom. The van der Waals surface area contributed by atoms with Gasteiger partial charge in [-0.3, -0.25) is 4.79 Å². The molecular weight excluding hydrogens is 307 g/mol. The molecule has 1 aliphatic carbocycles. The highest BCUT2D eigenvalue weighted by Gasteiger charge is 2.32. The van der Waals surface area contributed by atoms with E-state index in [1.807, 2.05) is 24.3 Å². The number of halogens is 1. The maximum absolute atomic E-state index is 13.5. The summed E-state index contributed by atoms with van der Waals surface area (Å²) >= 11 is 0. The molecule has 0 bridgehead atoms. The molecule has 24 heavy (non-hydrogen) atoms. The van der Waals surface area contributed by atoms with Crippen LogP contribution in [0.25, 0.3) is 10.9 Å². The third-order valence-electron chi connectivity index (χ3n) is 4.64. The van der Waals surface area contributed by atoms with Gasteiger partial charge in [0.25, 0.3) is 5.91 Å². The number of H-pyrrole nitrogens is 1. The maximum atomic E-state index is 13.5. The van der Waals surface area contributed by atoms with E-state index < -0.39 is 12.1 Å². The number of benzene rings is 2. The van der Waals surface area contributed by atoms with Gasteiger partial charge in [0.2, 0.25) is 0 Å². The predicted octanol–water partition coefficient (Wildman–Crippen LogP) is 3.00. The first-order valence-electron chi connectivity index (χ1n) is 7.88. The second kappa shape index (κ2) is 5.46. The first-order valence-corrected chi connectivity index (χ1v) is 7.88. The van der Waals surface area contributed by atoms with Crippen LogP contribution in [0, 0.1) is 12.7 Å². The molecule has 4 nitrogen and oxygen atoms in total. The van der Waals surface area contributed by atoms with Crippen LogP contribution in [-0.4, -0.2) is 22.1 Å². The molecule has 1 heterocycles. The summed E-state index contributed by atoms with van der Waals surface area (Å²) in [6.07, 6.45) is -0.118. The fourth-order valence-electron chi connectivity index (χ4n) is 3.46. The number of hydrogen-bond donors (Lipinski definition) is 3. The number of fused-ring (bicyclic) bond motifs is 2. The lowest BCUT2D eigenvalue weighted by atomic mass is 10.1. The Bertz CT molecular complexity index is 948. The minimum Gasteiger partial charge on any atom is -0.390 e. The van der Waals surface area contributed by atoms with Crippen molar-refractivity contribution in [3.05, 3.63) is 70.7 Å².